The van der Waals surface area contributed by atoms with Gasteiger partial charge in [0.2, 0.25) is 0 Å². The number of pyridine rings is 1. The van der Waals surface area contributed by atoms with Gasteiger partial charge in [-0.05, 0) is 97.9 Å². The lowest BCUT2D eigenvalue weighted by Crippen LogP contribution is -2.48. The zero-order valence-corrected chi connectivity index (χ0v) is 16.9. The van der Waals surface area contributed by atoms with E-state index in [4.69, 9.17) is 9.47 Å². The van der Waals surface area contributed by atoms with Gasteiger partial charge in [-0.1, -0.05) is 12.1 Å². The van der Waals surface area contributed by atoms with Crippen LogP contribution in [0.5, 0.6) is 11.5 Å². The molecule has 0 radical (unpaired) electrons. The maximum atomic E-state index is 11.9. The number of hydrogen-bond donors (Lipinski definition) is 0. The third kappa shape index (κ3) is 4.03. The van der Waals surface area contributed by atoms with E-state index in [1.807, 2.05) is 0 Å². The Morgan fingerprint density at radius 2 is 1.66 bits per heavy atom. The van der Waals surface area contributed by atoms with E-state index in [0.717, 1.165) is 23.5 Å². The van der Waals surface area contributed by atoms with Crippen LogP contribution < -0.4 is 9.47 Å². The van der Waals surface area contributed by atoms with Gasteiger partial charge in [-0.25, -0.2) is 0 Å². The van der Waals surface area contributed by atoms with Crippen molar-refractivity contribution in [3.05, 3.63) is 54.4 Å². The molecule has 0 aliphatic heterocycles. The number of nitrogens with zero attached hydrogens (tertiary/aromatic N) is 1. The third-order valence-corrected chi connectivity index (χ3v) is 7.16. The molecule has 4 saturated carbocycles. The van der Waals surface area contributed by atoms with Crippen molar-refractivity contribution in [2.75, 3.05) is 6.61 Å². The number of carbonyl (C=O) groups excluding carboxylic acids is 1. The molecule has 0 atom stereocenters. The highest BCUT2D eigenvalue weighted by Gasteiger charge is 2.51. The minimum Gasteiger partial charge on any atom is -0.494 e. The fourth-order valence-electron chi connectivity index (χ4n) is 6.37. The Labute approximate surface area is 172 Å². The van der Waals surface area contributed by atoms with Crippen LogP contribution in [-0.2, 0) is 10.2 Å². The first-order valence-corrected chi connectivity index (χ1v) is 11.0. The SMILES string of the molecule is O=C(CCCOc1ccc(C23CC4CC(CC(C4)C2)C3)cc1)Oc1cccnc1. The number of carbonyl (C=O) groups is 1. The van der Waals surface area contributed by atoms with Gasteiger partial charge in [0.25, 0.3) is 0 Å². The van der Waals surface area contributed by atoms with Crippen molar-refractivity contribution < 1.29 is 14.3 Å². The molecule has 29 heavy (non-hydrogen) atoms. The minimum absolute atomic E-state index is 0.251. The molecule has 0 saturated heterocycles. The standard InChI is InChI=1S/C25H29NO3/c27-24(29-23-3-1-9-26-17-23)4-2-10-28-22-7-5-21(6-8-22)25-14-18-11-19(15-25)13-20(12-18)16-25/h1,3,5-9,17-20H,2,4,10-16H2. The summed E-state index contributed by atoms with van der Waals surface area (Å²) in [6, 6.07) is 12.3. The molecule has 1 heterocycles. The first kappa shape index (κ1) is 18.7. The normalized spacial score (nSPS) is 29.6. The molecule has 0 amide bonds. The first-order valence-electron chi connectivity index (χ1n) is 11.0. The maximum Gasteiger partial charge on any atom is 0.311 e. The second kappa shape index (κ2) is 7.81. The Hall–Kier alpha value is -2.36. The second-order valence-corrected chi connectivity index (χ2v) is 9.34. The minimum atomic E-state index is -0.251. The zero-order chi connectivity index (χ0) is 19.7. The van der Waals surface area contributed by atoms with Crippen molar-refractivity contribution in [2.45, 2.75) is 56.8 Å². The number of rotatable bonds is 7. The van der Waals surface area contributed by atoms with Gasteiger partial charge in [-0.2, -0.15) is 0 Å². The van der Waals surface area contributed by atoms with Gasteiger partial charge in [0.1, 0.15) is 11.5 Å². The summed E-state index contributed by atoms with van der Waals surface area (Å²) in [5, 5.41) is 0. The molecule has 4 aliphatic carbocycles. The predicted molar refractivity (Wildman–Crippen MR) is 111 cm³/mol. The molecule has 1 aromatic heterocycles. The molecule has 0 N–H and O–H groups in total. The smallest absolute Gasteiger partial charge is 0.311 e. The summed E-state index contributed by atoms with van der Waals surface area (Å²) < 4.78 is 11.1. The molecule has 0 unspecified atom stereocenters. The Balaban J connectivity index is 1.11. The van der Waals surface area contributed by atoms with Crippen molar-refractivity contribution in [2.24, 2.45) is 17.8 Å². The summed E-state index contributed by atoms with van der Waals surface area (Å²) >= 11 is 0. The predicted octanol–water partition coefficient (Wildman–Crippen LogP) is 5.31. The van der Waals surface area contributed by atoms with E-state index in [1.165, 1.54) is 44.1 Å². The lowest BCUT2D eigenvalue weighted by Gasteiger charge is -2.57. The summed E-state index contributed by atoms with van der Waals surface area (Å²) in [4.78, 5) is 15.8. The van der Waals surface area contributed by atoms with Gasteiger partial charge < -0.3 is 9.47 Å². The second-order valence-electron chi connectivity index (χ2n) is 9.34. The van der Waals surface area contributed by atoms with E-state index in [9.17, 15) is 4.79 Å². The van der Waals surface area contributed by atoms with E-state index in [0.29, 0.717) is 30.6 Å². The third-order valence-electron chi connectivity index (χ3n) is 7.16. The number of benzene rings is 1. The van der Waals surface area contributed by atoms with Crippen LogP contribution in [0.2, 0.25) is 0 Å². The lowest BCUT2D eigenvalue weighted by molar-refractivity contribution is -0.134. The van der Waals surface area contributed by atoms with E-state index in [-0.39, 0.29) is 5.97 Å². The molecule has 6 rings (SSSR count). The molecule has 2 aromatic rings. The molecule has 4 nitrogen and oxygen atoms in total. The molecule has 1 aromatic carbocycles. The van der Waals surface area contributed by atoms with Crippen molar-refractivity contribution in [3.8, 4) is 11.5 Å². The molecule has 0 spiro atoms. The first-order chi connectivity index (χ1) is 14.2. The lowest BCUT2D eigenvalue weighted by atomic mass is 9.48. The number of aromatic nitrogens is 1. The molecule has 4 heteroatoms. The molecule has 4 aliphatic rings. The summed E-state index contributed by atoms with van der Waals surface area (Å²) in [5.74, 6) is 4.01. The fraction of sp³-hybridized carbons (Fsp3) is 0.520. The number of hydrogen-bond acceptors (Lipinski definition) is 4. The monoisotopic (exact) mass is 391 g/mol. The Morgan fingerprint density at radius 3 is 2.28 bits per heavy atom. The largest absolute Gasteiger partial charge is 0.494 e. The highest BCUT2D eigenvalue weighted by atomic mass is 16.5. The van der Waals surface area contributed by atoms with Gasteiger partial charge >= 0.3 is 5.97 Å². The zero-order valence-electron chi connectivity index (χ0n) is 16.9. The summed E-state index contributed by atoms with van der Waals surface area (Å²) in [5.41, 5.74) is 1.95. The number of ether oxygens (including phenoxy) is 2. The number of esters is 1. The van der Waals surface area contributed by atoms with Gasteiger partial charge in [-0.3, -0.25) is 9.78 Å². The average Bonchev–Trinajstić information content (AvgIpc) is 2.71. The van der Waals surface area contributed by atoms with Crippen molar-refractivity contribution in [1.82, 2.24) is 4.98 Å². The summed E-state index contributed by atoms with van der Waals surface area (Å²) in [6.07, 6.45) is 12.8. The van der Waals surface area contributed by atoms with Crippen LogP contribution >= 0.6 is 0 Å². The average molecular weight is 392 g/mol. The highest BCUT2D eigenvalue weighted by Crippen LogP contribution is 2.60. The van der Waals surface area contributed by atoms with Crippen molar-refractivity contribution in [1.29, 1.82) is 0 Å². The van der Waals surface area contributed by atoms with Crippen LogP contribution in [0.4, 0.5) is 0 Å². The van der Waals surface area contributed by atoms with Gasteiger partial charge in [0.05, 0.1) is 12.8 Å². The molecule has 4 fully saturated rings. The van der Waals surface area contributed by atoms with Crippen molar-refractivity contribution in [3.63, 3.8) is 0 Å². The Bertz CT molecular complexity index is 811. The van der Waals surface area contributed by atoms with E-state index < -0.39 is 0 Å². The molecular formula is C25H29NO3. The quantitative estimate of drug-likeness (QED) is 0.474. The molecular weight excluding hydrogens is 362 g/mol. The van der Waals surface area contributed by atoms with E-state index in [2.05, 4.69) is 29.2 Å². The van der Waals surface area contributed by atoms with E-state index >= 15 is 0 Å². The van der Waals surface area contributed by atoms with E-state index in [1.54, 1.807) is 24.5 Å². The maximum absolute atomic E-state index is 11.9. The van der Waals surface area contributed by atoms with Crippen LogP contribution in [0, 0.1) is 17.8 Å². The van der Waals surface area contributed by atoms with Gasteiger partial charge in [0, 0.05) is 12.6 Å². The van der Waals surface area contributed by atoms with Crippen LogP contribution in [0.25, 0.3) is 0 Å². The summed E-state index contributed by atoms with van der Waals surface area (Å²) in [6.45, 7) is 0.513. The Morgan fingerprint density at radius 1 is 0.966 bits per heavy atom. The highest BCUT2D eigenvalue weighted by molar-refractivity contribution is 5.72. The van der Waals surface area contributed by atoms with Crippen LogP contribution in [-0.4, -0.2) is 17.6 Å². The topological polar surface area (TPSA) is 48.4 Å². The summed E-state index contributed by atoms with van der Waals surface area (Å²) in [7, 11) is 0. The van der Waals surface area contributed by atoms with Gasteiger partial charge in [-0.15, -0.1) is 0 Å². The molecule has 152 valence electrons. The van der Waals surface area contributed by atoms with Crippen molar-refractivity contribution >= 4 is 5.97 Å². The Kier molecular flexibility index (Phi) is 5.03. The van der Waals surface area contributed by atoms with Gasteiger partial charge in [0.15, 0.2) is 0 Å². The van der Waals surface area contributed by atoms with Crippen LogP contribution in [0.3, 0.4) is 0 Å². The van der Waals surface area contributed by atoms with Crippen LogP contribution in [0.15, 0.2) is 48.8 Å². The van der Waals surface area contributed by atoms with Crippen LogP contribution in [0.1, 0.15) is 56.9 Å². The molecule has 4 bridgehead atoms. The fourth-order valence-corrected chi connectivity index (χ4v) is 6.37.